The molecule has 9 nitrogen and oxygen atoms in total. The summed E-state index contributed by atoms with van der Waals surface area (Å²) in [7, 11) is 0. The molecule has 1 fully saturated rings. The zero-order chi connectivity index (χ0) is 22.6. The van der Waals surface area contributed by atoms with Crippen molar-refractivity contribution in [3.05, 3.63) is 42.7 Å². The number of benzene rings is 1. The Morgan fingerprint density at radius 3 is 2.82 bits per heavy atom. The highest BCUT2D eigenvalue weighted by molar-refractivity contribution is 7.99. The minimum Gasteiger partial charge on any atom is -0.486 e. The molecule has 0 spiro atoms. The van der Waals surface area contributed by atoms with E-state index in [0.29, 0.717) is 48.1 Å². The van der Waals surface area contributed by atoms with Crippen molar-refractivity contribution in [1.29, 1.82) is 5.26 Å². The lowest BCUT2D eigenvalue weighted by Crippen LogP contribution is -2.33. The first-order chi connectivity index (χ1) is 16.2. The highest BCUT2D eigenvalue weighted by atomic mass is 32.2. The lowest BCUT2D eigenvalue weighted by Gasteiger charge is -2.24. The van der Waals surface area contributed by atoms with Crippen molar-refractivity contribution in [2.75, 3.05) is 30.4 Å². The van der Waals surface area contributed by atoms with Gasteiger partial charge >= 0.3 is 0 Å². The van der Waals surface area contributed by atoms with Crippen LogP contribution < -0.4 is 14.4 Å². The quantitative estimate of drug-likeness (QED) is 0.469. The summed E-state index contributed by atoms with van der Waals surface area (Å²) in [6.07, 6.45) is 5.86. The Hall–Kier alpha value is -3.58. The number of anilines is 1. The fraction of sp³-hybridized carbons (Fsp3) is 0.348. The van der Waals surface area contributed by atoms with Crippen molar-refractivity contribution in [2.24, 2.45) is 0 Å². The molecule has 3 heterocycles. The molecule has 0 N–H and O–H groups in total. The number of aromatic nitrogens is 4. The average Bonchev–Trinajstić information content (AvgIpc) is 3.62. The van der Waals surface area contributed by atoms with Crippen molar-refractivity contribution in [2.45, 2.75) is 30.5 Å². The Labute approximate surface area is 195 Å². The summed E-state index contributed by atoms with van der Waals surface area (Å²) in [5.74, 6) is 2.11. The van der Waals surface area contributed by atoms with Gasteiger partial charge in [0.1, 0.15) is 13.2 Å². The molecule has 33 heavy (non-hydrogen) atoms. The number of ether oxygens (including phenoxy) is 2. The molecule has 1 aliphatic heterocycles. The predicted octanol–water partition coefficient (Wildman–Crippen LogP) is 3.49. The Kier molecular flexibility index (Phi) is 6.13. The van der Waals surface area contributed by atoms with E-state index in [-0.39, 0.29) is 18.1 Å². The highest BCUT2D eigenvalue weighted by Crippen LogP contribution is 2.41. The smallest absolute Gasteiger partial charge is 0.237 e. The number of amides is 1. The molecule has 5 rings (SSSR count). The number of hydrogen-bond donors (Lipinski definition) is 0. The predicted molar refractivity (Wildman–Crippen MR) is 122 cm³/mol. The Morgan fingerprint density at radius 1 is 1.21 bits per heavy atom. The van der Waals surface area contributed by atoms with Crippen LogP contribution in [0.5, 0.6) is 11.5 Å². The molecule has 10 heteroatoms. The molecular weight excluding hydrogens is 440 g/mol. The van der Waals surface area contributed by atoms with E-state index >= 15 is 0 Å². The van der Waals surface area contributed by atoms with E-state index in [1.807, 2.05) is 18.2 Å². The number of pyridine rings is 1. The third kappa shape index (κ3) is 4.64. The zero-order valence-electron chi connectivity index (χ0n) is 17.9. The van der Waals surface area contributed by atoms with Gasteiger partial charge in [0.15, 0.2) is 22.5 Å². The minimum absolute atomic E-state index is 0.111. The molecule has 3 aromatic rings. The van der Waals surface area contributed by atoms with E-state index < -0.39 is 0 Å². The summed E-state index contributed by atoms with van der Waals surface area (Å²) in [6.45, 7) is 1.27. The van der Waals surface area contributed by atoms with E-state index in [2.05, 4.69) is 25.8 Å². The van der Waals surface area contributed by atoms with Crippen LogP contribution in [-0.2, 0) is 4.79 Å². The minimum atomic E-state index is -0.111. The van der Waals surface area contributed by atoms with Crippen molar-refractivity contribution in [3.8, 4) is 29.0 Å². The van der Waals surface area contributed by atoms with E-state index in [0.717, 1.165) is 24.2 Å². The van der Waals surface area contributed by atoms with Crippen LogP contribution >= 0.6 is 11.8 Å². The molecular formula is C23H22N6O3S. The summed E-state index contributed by atoms with van der Waals surface area (Å²) < 4.78 is 13.3. The van der Waals surface area contributed by atoms with Crippen LogP contribution in [0.3, 0.4) is 0 Å². The molecule has 0 saturated heterocycles. The maximum absolute atomic E-state index is 13.2. The fourth-order valence-corrected chi connectivity index (χ4v) is 4.57. The first-order valence-corrected chi connectivity index (χ1v) is 11.8. The maximum atomic E-state index is 13.2. The zero-order valence-corrected chi connectivity index (χ0v) is 18.7. The van der Waals surface area contributed by atoms with E-state index in [1.165, 1.54) is 11.8 Å². The summed E-state index contributed by atoms with van der Waals surface area (Å²) in [4.78, 5) is 19.0. The van der Waals surface area contributed by atoms with E-state index in [9.17, 15) is 4.79 Å². The summed E-state index contributed by atoms with van der Waals surface area (Å²) in [6, 6.07) is 11.7. The number of rotatable bonds is 8. The van der Waals surface area contributed by atoms with Crippen LogP contribution in [0.15, 0.2) is 47.9 Å². The topological polar surface area (TPSA) is 106 Å². The van der Waals surface area contributed by atoms with Gasteiger partial charge in [-0.2, -0.15) is 5.26 Å². The molecule has 0 unspecified atom stereocenters. The summed E-state index contributed by atoms with van der Waals surface area (Å²) in [5, 5.41) is 18.6. The second-order valence-corrected chi connectivity index (χ2v) is 8.66. The number of nitrogens with zero attached hydrogens (tertiary/aromatic N) is 6. The van der Waals surface area contributed by atoms with Gasteiger partial charge in [-0.05, 0) is 37.1 Å². The van der Waals surface area contributed by atoms with Crippen LogP contribution in [0.2, 0.25) is 0 Å². The largest absolute Gasteiger partial charge is 0.486 e. The first-order valence-electron chi connectivity index (χ1n) is 10.8. The second-order valence-electron chi connectivity index (χ2n) is 7.72. The van der Waals surface area contributed by atoms with E-state index in [1.54, 1.807) is 29.4 Å². The highest BCUT2D eigenvalue weighted by Gasteiger charge is 2.31. The maximum Gasteiger partial charge on any atom is 0.237 e. The van der Waals surface area contributed by atoms with Gasteiger partial charge in [0.25, 0.3) is 0 Å². The Morgan fingerprint density at radius 2 is 2.06 bits per heavy atom. The third-order valence-electron chi connectivity index (χ3n) is 5.41. The van der Waals surface area contributed by atoms with Gasteiger partial charge < -0.3 is 14.4 Å². The standard InChI is InChI=1S/C23H22N6O3S/c24-8-2-10-28(18-6-7-19-20(13-18)32-12-11-31-19)21(30)15-33-23-27-26-22(29(23)17-4-5-17)16-3-1-9-25-14-16/h1,3,6-7,9,13-14,17H,2,4-5,10-12,15H2. The van der Waals surface area contributed by atoms with Gasteiger partial charge in [0.05, 0.1) is 18.2 Å². The fourth-order valence-electron chi connectivity index (χ4n) is 3.69. The normalized spacial score (nSPS) is 14.5. The number of carbonyl (C=O) groups excluding carboxylic acids is 1. The van der Waals surface area contributed by atoms with Gasteiger partial charge in [-0.3, -0.25) is 14.3 Å². The number of carbonyl (C=O) groups is 1. The lowest BCUT2D eigenvalue weighted by atomic mass is 10.2. The molecule has 0 atom stereocenters. The van der Waals surface area contributed by atoms with Crippen LogP contribution in [0.4, 0.5) is 5.69 Å². The summed E-state index contributed by atoms with van der Waals surface area (Å²) in [5.41, 5.74) is 1.59. The molecule has 1 saturated carbocycles. The SMILES string of the molecule is N#CCCN(C(=O)CSc1nnc(-c2cccnc2)n1C1CC1)c1ccc2c(c1)OCCO2. The first kappa shape index (κ1) is 21.3. The van der Waals surface area contributed by atoms with Crippen molar-refractivity contribution >= 4 is 23.4 Å². The summed E-state index contributed by atoms with van der Waals surface area (Å²) >= 11 is 1.36. The molecule has 1 aliphatic carbocycles. The third-order valence-corrected chi connectivity index (χ3v) is 6.33. The molecule has 2 aliphatic rings. The van der Waals surface area contributed by atoms with Crippen molar-refractivity contribution in [3.63, 3.8) is 0 Å². The van der Waals surface area contributed by atoms with Crippen LogP contribution in [0.1, 0.15) is 25.3 Å². The Balaban J connectivity index is 1.35. The van der Waals surface area contributed by atoms with Crippen molar-refractivity contribution in [1.82, 2.24) is 19.7 Å². The molecule has 0 bridgehead atoms. The molecule has 168 valence electrons. The van der Waals surface area contributed by atoms with Gasteiger partial charge in [-0.1, -0.05) is 11.8 Å². The molecule has 0 radical (unpaired) electrons. The average molecular weight is 463 g/mol. The molecule has 1 amide bonds. The van der Waals surface area contributed by atoms with E-state index in [4.69, 9.17) is 14.7 Å². The van der Waals surface area contributed by atoms with Crippen LogP contribution in [-0.4, -0.2) is 51.2 Å². The number of fused-ring (bicyclic) bond motifs is 1. The second kappa shape index (κ2) is 9.50. The number of nitriles is 1. The lowest BCUT2D eigenvalue weighted by molar-refractivity contribution is -0.116. The van der Waals surface area contributed by atoms with Crippen LogP contribution in [0, 0.1) is 11.3 Å². The Bertz CT molecular complexity index is 1190. The van der Waals surface area contributed by atoms with Crippen molar-refractivity contribution < 1.29 is 14.3 Å². The molecule has 2 aromatic heterocycles. The number of thioether (sulfide) groups is 1. The number of hydrogen-bond acceptors (Lipinski definition) is 8. The van der Waals surface area contributed by atoms with Crippen LogP contribution in [0.25, 0.3) is 11.4 Å². The molecule has 1 aromatic carbocycles. The van der Waals surface area contributed by atoms with Gasteiger partial charge in [0.2, 0.25) is 5.91 Å². The van der Waals surface area contributed by atoms with Gasteiger partial charge in [0, 0.05) is 42.3 Å². The van der Waals surface area contributed by atoms with Gasteiger partial charge in [-0.15, -0.1) is 10.2 Å². The monoisotopic (exact) mass is 462 g/mol. The van der Waals surface area contributed by atoms with Gasteiger partial charge in [-0.25, -0.2) is 0 Å².